The van der Waals surface area contributed by atoms with Gasteiger partial charge >= 0.3 is 58.2 Å². The molecule has 0 saturated carbocycles. The van der Waals surface area contributed by atoms with E-state index in [0.717, 1.165) is 17.0 Å². The molecular weight excluding hydrogens is 346 g/mol. The van der Waals surface area contributed by atoms with Crippen LogP contribution in [-0.2, 0) is 10.5 Å². The molecule has 0 aliphatic heterocycles. The number of aryl methyl sites for hydroxylation is 2. The van der Waals surface area contributed by atoms with E-state index in [2.05, 4.69) is 4.98 Å². The summed E-state index contributed by atoms with van der Waals surface area (Å²) < 4.78 is 5.64. The SMILES string of the molecule is Cc1ccc(-c2nc(CSCC([NH-])=O)c(C)o2)cc1.[Rb+]. The molecule has 0 fully saturated rings. The molecule has 1 amide bonds. The van der Waals surface area contributed by atoms with Gasteiger partial charge in [-0.2, -0.15) is 0 Å². The van der Waals surface area contributed by atoms with Crippen LogP contribution in [0.25, 0.3) is 17.2 Å². The van der Waals surface area contributed by atoms with Crippen molar-refractivity contribution < 1.29 is 67.4 Å². The Kier molecular flexibility index (Phi) is 7.68. The number of benzene rings is 1. The van der Waals surface area contributed by atoms with Crippen LogP contribution < -0.4 is 58.2 Å². The summed E-state index contributed by atoms with van der Waals surface area (Å²) in [6.45, 7) is 3.90. The Hall–Kier alpha value is 0.0552. The monoisotopic (exact) mass is 360 g/mol. The zero-order chi connectivity index (χ0) is 13.8. The molecule has 1 heterocycles. The summed E-state index contributed by atoms with van der Waals surface area (Å²) in [4.78, 5) is 15.0. The van der Waals surface area contributed by atoms with Gasteiger partial charge in [-0.1, -0.05) is 17.7 Å². The van der Waals surface area contributed by atoms with Crippen LogP contribution in [0.4, 0.5) is 0 Å². The maximum atomic E-state index is 10.6. The molecule has 4 nitrogen and oxygen atoms in total. The van der Waals surface area contributed by atoms with Crippen LogP contribution in [0.15, 0.2) is 28.7 Å². The summed E-state index contributed by atoms with van der Waals surface area (Å²) >= 11 is 1.38. The topological polar surface area (TPSA) is 66.9 Å². The Labute approximate surface area is 171 Å². The minimum atomic E-state index is -0.565. The Morgan fingerprint density at radius 1 is 1.30 bits per heavy atom. The Balaban J connectivity index is 0.00000200. The van der Waals surface area contributed by atoms with E-state index < -0.39 is 5.91 Å². The number of nitrogens with zero attached hydrogens (tertiary/aromatic N) is 1. The van der Waals surface area contributed by atoms with Crippen molar-refractivity contribution in [3.63, 3.8) is 0 Å². The zero-order valence-electron chi connectivity index (χ0n) is 11.9. The van der Waals surface area contributed by atoms with Crippen LogP contribution in [0.5, 0.6) is 0 Å². The Morgan fingerprint density at radius 3 is 2.55 bits per heavy atom. The number of carbonyl (C=O) groups excluding carboxylic acids is 1. The maximum Gasteiger partial charge on any atom is 1.00 e. The zero-order valence-corrected chi connectivity index (χ0v) is 17.6. The Morgan fingerprint density at radius 2 is 1.95 bits per heavy atom. The van der Waals surface area contributed by atoms with Gasteiger partial charge in [0.1, 0.15) is 5.76 Å². The molecule has 100 valence electrons. The van der Waals surface area contributed by atoms with E-state index >= 15 is 0 Å². The van der Waals surface area contributed by atoms with E-state index in [1.807, 2.05) is 38.1 Å². The molecule has 0 atom stereocenters. The van der Waals surface area contributed by atoms with Crippen LogP contribution in [0.2, 0.25) is 0 Å². The molecule has 1 aromatic heterocycles. The van der Waals surface area contributed by atoms with Crippen LogP contribution in [-0.4, -0.2) is 16.6 Å². The van der Waals surface area contributed by atoms with Crippen molar-refractivity contribution in [2.45, 2.75) is 19.6 Å². The number of aromatic nitrogens is 1. The molecule has 0 spiro atoms. The van der Waals surface area contributed by atoms with Gasteiger partial charge < -0.3 is 14.9 Å². The van der Waals surface area contributed by atoms with Crippen molar-refractivity contribution in [2.75, 3.05) is 5.75 Å². The van der Waals surface area contributed by atoms with E-state index in [4.69, 9.17) is 10.2 Å². The third-order valence-corrected chi connectivity index (χ3v) is 3.61. The fourth-order valence-electron chi connectivity index (χ4n) is 1.62. The number of amides is 1. The van der Waals surface area contributed by atoms with Gasteiger partial charge in [0.15, 0.2) is 0 Å². The van der Waals surface area contributed by atoms with Crippen molar-refractivity contribution >= 4 is 17.7 Å². The molecule has 0 radical (unpaired) electrons. The van der Waals surface area contributed by atoms with Crippen LogP contribution in [0.1, 0.15) is 17.0 Å². The van der Waals surface area contributed by atoms with Crippen molar-refractivity contribution in [1.82, 2.24) is 4.98 Å². The normalized spacial score (nSPS) is 10.1. The fourth-order valence-corrected chi connectivity index (χ4v) is 2.37. The molecule has 6 heteroatoms. The predicted octanol–water partition coefficient (Wildman–Crippen LogP) is 0.774. The summed E-state index contributed by atoms with van der Waals surface area (Å²) in [5, 5.41) is 0. The van der Waals surface area contributed by atoms with E-state index in [0.29, 0.717) is 11.6 Å². The first-order valence-electron chi connectivity index (χ1n) is 5.92. The number of carbonyl (C=O) groups is 1. The number of nitrogens with one attached hydrogen (secondary N) is 1. The summed E-state index contributed by atoms with van der Waals surface area (Å²) in [5.41, 5.74) is 9.83. The minimum Gasteiger partial charge on any atom is -0.667 e. The van der Waals surface area contributed by atoms with Crippen molar-refractivity contribution in [2.24, 2.45) is 0 Å². The van der Waals surface area contributed by atoms with E-state index in [-0.39, 0.29) is 63.9 Å². The van der Waals surface area contributed by atoms with Crippen molar-refractivity contribution in [1.29, 1.82) is 0 Å². The molecule has 0 unspecified atom stereocenters. The predicted molar refractivity (Wildman–Crippen MR) is 76.9 cm³/mol. The quantitative estimate of drug-likeness (QED) is 0.790. The molecule has 1 aromatic carbocycles. The smallest absolute Gasteiger partial charge is 0.667 e. The van der Waals surface area contributed by atoms with Gasteiger partial charge in [-0.15, -0.1) is 11.8 Å². The number of hydrogen-bond donors (Lipinski definition) is 0. The van der Waals surface area contributed by atoms with Gasteiger partial charge in [0.05, 0.1) is 11.6 Å². The first-order chi connectivity index (χ1) is 9.06. The largest absolute Gasteiger partial charge is 1.00 e. The van der Waals surface area contributed by atoms with Crippen LogP contribution >= 0.6 is 11.8 Å². The Bertz CT molecular complexity index is 581. The van der Waals surface area contributed by atoms with Crippen molar-refractivity contribution in [3.05, 3.63) is 47.0 Å². The van der Waals surface area contributed by atoms with Gasteiger partial charge in [-0.05, 0) is 26.0 Å². The number of rotatable bonds is 5. The van der Waals surface area contributed by atoms with Crippen LogP contribution in [0, 0.1) is 13.8 Å². The molecule has 0 bridgehead atoms. The third kappa shape index (κ3) is 5.11. The molecule has 20 heavy (non-hydrogen) atoms. The molecule has 0 aliphatic rings. The van der Waals surface area contributed by atoms with E-state index in [1.165, 1.54) is 17.3 Å². The molecule has 0 aliphatic carbocycles. The second kappa shape index (κ2) is 8.49. The molecular formula is C14H15N2O2RbS. The van der Waals surface area contributed by atoms with Gasteiger partial charge in [0, 0.05) is 17.1 Å². The molecule has 1 N–H and O–H groups in total. The summed E-state index contributed by atoms with van der Waals surface area (Å²) in [5.74, 6) is 1.58. The number of hydrogen-bond acceptors (Lipinski definition) is 4. The fraction of sp³-hybridized carbons (Fsp3) is 0.286. The van der Waals surface area contributed by atoms with Gasteiger partial charge in [0.2, 0.25) is 5.89 Å². The molecule has 2 aromatic rings. The van der Waals surface area contributed by atoms with Gasteiger partial charge in [-0.3, -0.25) is 0 Å². The number of thioether (sulfide) groups is 1. The maximum absolute atomic E-state index is 10.6. The van der Waals surface area contributed by atoms with Crippen molar-refractivity contribution in [3.8, 4) is 11.5 Å². The molecule has 2 rings (SSSR count). The van der Waals surface area contributed by atoms with E-state index in [9.17, 15) is 4.79 Å². The standard InChI is InChI=1S/C14H16N2O2S.Rb/c1-9-3-5-11(6-4-9)14-16-12(10(2)18-14)7-19-8-13(15)17;/h3-6H,7-8H2,1-2H3,(H2,15,17);/q;+1/p-1. The average molecular weight is 361 g/mol. The summed E-state index contributed by atoms with van der Waals surface area (Å²) in [7, 11) is 0. The second-order valence-corrected chi connectivity index (χ2v) is 5.29. The summed E-state index contributed by atoms with van der Waals surface area (Å²) in [6.07, 6.45) is 0. The third-order valence-electron chi connectivity index (χ3n) is 2.66. The van der Waals surface area contributed by atoms with Crippen LogP contribution in [0.3, 0.4) is 0 Å². The first-order valence-corrected chi connectivity index (χ1v) is 7.07. The van der Waals surface area contributed by atoms with Gasteiger partial charge in [0.25, 0.3) is 0 Å². The van der Waals surface area contributed by atoms with Gasteiger partial charge in [-0.25, -0.2) is 4.98 Å². The average Bonchev–Trinajstić information content (AvgIpc) is 2.71. The second-order valence-electron chi connectivity index (χ2n) is 4.30. The first kappa shape index (κ1) is 18.1. The minimum absolute atomic E-state index is 0. The van der Waals surface area contributed by atoms with E-state index in [1.54, 1.807) is 0 Å². The number of oxazole rings is 1. The summed E-state index contributed by atoms with van der Waals surface area (Å²) in [6, 6.07) is 7.99. The molecule has 0 saturated heterocycles.